The fourth-order valence-electron chi connectivity index (χ4n) is 4.27. The van der Waals surface area contributed by atoms with Gasteiger partial charge in [0.1, 0.15) is 0 Å². The van der Waals surface area contributed by atoms with Gasteiger partial charge >= 0.3 is 0 Å². The highest BCUT2D eigenvalue weighted by atomic mass is 35.5. The largest absolute Gasteiger partial charge is 0.343 e. The maximum atomic E-state index is 2.61. The SMILES string of the molecule is CCCN(CCC)CCc1cccc2c1c1c(C)ccc(C)c1n2C.Cl. The van der Waals surface area contributed by atoms with E-state index in [4.69, 9.17) is 0 Å². The minimum Gasteiger partial charge on any atom is -0.343 e. The van der Waals surface area contributed by atoms with Crippen molar-refractivity contribution >= 4 is 34.2 Å². The Kier molecular flexibility index (Phi) is 7.14. The van der Waals surface area contributed by atoms with Gasteiger partial charge in [0.05, 0.1) is 5.52 Å². The molecule has 2 nitrogen and oxygen atoms in total. The molecule has 0 N–H and O–H groups in total. The monoisotopic (exact) mass is 372 g/mol. The number of fused-ring (bicyclic) bond motifs is 3. The summed E-state index contributed by atoms with van der Waals surface area (Å²) in [5.41, 5.74) is 7.00. The zero-order valence-corrected chi connectivity index (χ0v) is 17.7. The lowest BCUT2D eigenvalue weighted by Gasteiger charge is -2.21. The molecule has 0 aliphatic carbocycles. The van der Waals surface area contributed by atoms with Crippen LogP contribution in [0.5, 0.6) is 0 Å². The molecule has 0 aliphatic rings. The van der Waals surface area contributed by atoms with Crippen molar-refractivity contribution in [2.24, 2.45) is 7.05 Å². The van der Waals surface area contributed by atoms with Crippen molar-refractivity contribution in [3.05, 3.63) is 47.0 Å². The zero-order chi connectivity index (χ0) is 18.0. The molecule has 0 radical (unpaired) electrons. The highest BCUT2D eigenvalue weighted by Gasteiger charge is 2.15. The third kappa shape index (κ3) is 3.77. The van der Waals surface area contributed by atoms with Crippen molar-refractivity contribution in [1.29, 1.82) is 0 Å². The van der Waals surface area contributed by atoms with Gasteiger partial charge in [-0.05, 0) is 69.0 Å². The van der Waals surface area contributed by atoms with E-state index in [2.05, 4.69) is 74.5 Å². The van der Waals surface area contributed by atoms with Crippen LogP contribution >= 0.6 is 12.4 Å². The predicted octanol–water partition coefficient (Wildman–Crippen LogP) is 6.03. The van der Waals surface area contributed by atoms with Crippen LogP contribution in [0.1, 0.15) is 43.4 Å². The molecule has 0 spiro atoms. The van der Waals surface area contributed by atoms with Crippen LogP contribution < -0.4 is 0 Å². The Labute approximate surface area is 164 Å². The molecule has 0 amide bonds. The van der Waals surface area contributed by atoms with Gasteiger partial charge in [0.25, 0.3) is 0 Å². The van der Waals surface area contributed by atoms with Crippen LogP contribution in [-0.2, 0) is 13.5 Å². The van der Waals surface area contributed by atoms with Crippen LogP contribution in [0.4, 0.5) is 0 Å². The Balaban J connectivity index is 0.00000243. The normalized spacial score (nSPS) is 11.5. The molecule has 0 saturated carbocycles. The zero-order valence-electron chi connectivity index (χ0n) is 16.9. The Morgan fingerprint density at radius 3 is 2.15 bits per heavy atom. The van der Waals surface area contributed by atoms with Gasteiger partial charge in [-0.2, -0.15) is 0 Å². The van der Waals surface area contributed by atoms with Crippen LogP contribution in [0.15, 0.2) is 30.3 Å². The molecule has 142 valence electrons. The van der Waals surface area contributed by atoms with E-state index in [1.165, 1.54) is 64.4 Å². The lowest BCUT2D eigenvalue weighted by molar-refractivity contribution is 0.278. The first kappa shape index (κ1) is 20.8. The molecule has 0 unspecified atom stereocenters. The standard InChI is InChI=1S/C23H32N2.ClH/c1-6-14-25(15-7-2)16-13-19-9-8-10-20-22(19)21-17(3)11-12-18(4)23(21)24(20)5;/h8-12H,6-7,13-16H2,1-5H3;1H. The molecule has 1 aromatic heterocycles. The molecular formula is C23H33ClN2. The van der Waals surface area contributed by atoms with E-state index >= 15 is 0 Å². The van der Waals surface area contributed by atoms with Crippen LogP contribution in [0.25, 0.3) is 21.8 Å². The van der Waals surface area contributed by atoms with Gasteiger partial charge in [0, 0.05) is 29.9 Å². The number of halogens is 1. The molecular weight excluding hydrogens is 340 g/mol. The van der Waals surface area contributed by atoms with Gasteiger partial charge in [-0.1, -0.05) is 38.1 Å². The van der Waals surface area contributed by atoms with Gasteiger partial charge in [-0.3, -0.25) is 0 Å². The second-order valence-corrected chi connectivity index (χ2v) is 7.38. The van der Waals surface area contributed by atoms with E-state index in [0.29, 0.717) is 0 Å². The number of benzene rings is 2. The molecule has 1 heterocycles. The Hall–Kier alpha value is -1.51. The maximum absolute atomic E-state index is 2.61. The van der Waals surface area contributed by atoms with E-state index in [0.717, 1.165) is 13.0 Å². The molecule has 0 bridgehead atoms. The summed E-state index contributed by atoms with van der Waals surface area (Å²) in [5, 5.41) is 2.92. The van der Waals surface area contributed by atoms with Crippen LogP contribution in [0, 0.1) is 13.8 Å². The number of aryl methyl sites for hydroxylation is 3. The van der Waals surface area contributed by atoms with Gasteiger partial charge in [-0.15, -0.1) is 12.4 Å². The first-order valence-electron chi connectivity index (χ1n) is 9.77. The van der Waals surface area contributed by atoms with Gasteiger partial charge in [-0.25, -0.2) is 0 Å². The predicted molar refractivity (Wildman–Crippen MR) is 118 cm³/mol. The molecule has 0 fully saturated rings. The maximum Gasteiger partial charge on any atom is 0.0521 e. The molecule has 2 aromatic carbocycles. The third-order valence-corrected chi connectivity index (χ3v) is 5.44. The van der Waals surface area contributed by atoms with E-state index in [-0.39, 0.29) is 12.4 Å². The van der Waals surface area contributed by atoms with Crippen molar-refractivity contribution < 1.29 is 0 Å². The number of nitrogens with zero attached hydrogens (tertiary/aromatic N) is 2. The second-order valence-electron chi connectivity index (χ2n) is 7.38. The summed E-state index contributed by atoms with van der Waals surface area (Å²) >= 11 is 0. The average Bonchev–Trinajstić information content (AvgIpc) is 2.91. The summed E-state index contributed by atoms with van der Waals surface area (Å²) in [6.45, 7) is 12.6. The van der Waals surface area contributed by atoms with Gasteiger partial charge in [0.2, 0.25) is 0 Å². The molecule has 0 saturated heterocycles. The summed E-state index contributed by atoms with van der Waals surface area (Å²) in [6.07, 6.45) is 3.59. The molecule has 0 atom stereocenters. The molecule has 0 aliphatic heterocycles. The van der Waals surface area contributed by atoms with Crippen molar-refractivity contribution in [1.82, 2.24) is 9.47 Å². The van der Waals surface area contributed by atoms with Crippen LogP contribution in [0.2, 0.25) is 0 Å². The molecule has 3 heteroatoms. The fraction of sp³-hybridized carbons (Fsp3) is 0.478. The summed E-state index contributed by atoms with van der Waals surface area (Å²) in [7, 11) is 2.21. The summed E-state index contributed by atoms with van der Waals surface area (Å²) in [4.78, 5) is 2.61. The lowest BCUT2D eigenvalue weighted by atomic mass is 9.99. The quantitative estimate of drug-likeness (QED) is 0.491. The van der Waals surface area contributed by atoms with Gasteiger partial charge < -0.3 is 9.47 Å². The molecule has 3 rings (SSSR count). The third-order valence-electron chi connectivity index (χ3n) is 5.44. The Bertz CT molecular complexity index is 873. The molecule has 3 aromatic rings. The van der Waals surface area contributed by atoms with E-state index in [1.807, 2.05) is 0 Å². The van der Waals surface area contributed by atoms with Crippen molar-refractivity contribution in [2.75, 3.05) is 19.6 Å². The summed E-state index contributed by atoms with van der Waals surface area (Å²) in [5.74, 6) is 0. The first-order valence-corrected chi connectivity index (χ1v) is 9.77. The Morgan fingerprint density at radius 2 is 1.50 bits per heavy atom. The van der Waals surface area contributed by atoms with Gasteiger partial charge in [0.15, 0.2) is 0 Å². The first-order chi connectivity index (χ1) is 12.1. The highest BCUT2D eigenvalue weighted by molar-refractivity contribution is 6.12. The number of hydrogen-bond donors (Lipinski definition) is 0. The van der Waals surface area contributed by atoms with Crippen LogP contribution in [0.3, 0.4) is 0 Å². The number of hydrogen-bond acceptors (Lipinski definition) is 1. The smallest absolute Gasteiger partial charge is 0.0521 e. The van der Waals surface area contributed by atoms with E-state index in [1.54, 1.807) is 0 Å². The minimum absolute atomic E-state index is 0. The number of aromatic nitrogens is 1. The highest BCUT2D eigenvalue weighted by Crippen LogP contribution is 2.35. The van der Waals surface area contributed by atoms with Crippen molar-refractivity contribution in [3.63, 3.8) is 0 Å². The summed E-state index contributed by atoms with van der Waals surface area (Å²) in [6, 6.07) is 11.4. The topological polar surface area (TPSA) is 8.17 Å². The summed E-state index contributed by atoms with van der Waals surface area (Å²) < 4.78 is 2.38. The molecule has 26 heavy (non-hydrogen) atoms. The number of rotatable bonds is 7. The second kappa shape index (κ2) is 8.92. The van der Waals surface area contributed by atoms with Crippen molar-refractivity contribution in [3.8, 4) is 0 Å². The van der Waals surface area contributed by atoms with E-state index < -0.39 is 0 Å². The minimum atomic E-state index is 0. The lowest BCUT2D eigenvalue weighted by Crippen LogP contribution is -2.27. The van der Waals surface area contributed by atoms with Crippen LogP contribution in [-0.4, -0.2) is 29.1 Å². The fourth-order valence-corrected chi connectivity index (χ4v) is 4.27. The van der Waals surface area contributed by atoms with Crippen molar-refractivity contribution in [2.45, 2.75) is 47.0 Å². The average molecular weight is 373 g/mol. The Morgan fingerprint density at radius 1 is 0.846 bits per heavy atom. The van der Waals surface area contributed by atoms with E-state index in [9.17, 15) is 0 Å².